The third-order valence-corrected chi connectivity index (χ3v) is 9.40. The summed E-state index contributed by atoms with van der Waals surface area (Å²) in [6.07, 6.45) is 6.61. The number of benzene rings is 1. The number of esters is 2. The van der Waals surface area contributed by atoms with Crippen LogP contribution in [0.25, 0.3) is 0 Å². The van der Waals surface area contributed by atoms with Gasteiger partial charge in [0.1, 0.15) is 5.76 Å². The number of methoxy groups -OCH3 is 1. The van der Waals surface area contributed by atoms with Crippen molar-refractivity contribution in [1.29, 1.82) is 0 Å². The molecule has 4 atom stereocenters. The third kappa shape index (κ3) is 6.51. The van der Waals surface area contributed by atoms with Gasteiger partial charge in [0.05, 0.1) is 37.2 Å². The lowest BCUT2D eigenvalue weighted by molar-refractivity contribution is -0.179. The van der Waals surface area contributed by atoms with Gasteiger partial charge in [-0.3, -0.25) is 9.69 Å². The maximum absolute atomic E-state index is 14.0. The number of carbonyl (C=O) groups is 2. The van der Waals surface area contributed by atoms with Crippen LogP contribution in [0.5, 0.6) is 11.5 Å². The van der Waals surface area contributed by atoms with E-state index in [1.54, 1.807) is 21.0 Å². The van der Waals surface area contributed by atoms with Crippen LogP contribution in [-0.4, -0.2) is 83.5 Å². The highest BCUT2D eigenvalue weighted by Crippen LogP contribution is 2.55. The number of hydrogen-bond acceptors (Lipinski definition) is 10. The minimum absolute atomic E-state index is 0.0597. The van der Waals surface area contributed by atoms with E-state index in [-0.39, 0.29) is 25.7 Å². The Kier molecular flexibility index (Phi) is 9.30. The zero-order valence-electron chi connectivity index (χ0n) is 26.0. The number of nitrogens with zero attached hydrogens (tertiary/aromatic N) is 1. The van der Waals surface area contributed by atoms with Gasteiger partial charge in [-0.2, -0.15) is 0 Å². The first kappa shape index (κ1) is 31.6. The Morgan fingerprint density at radius 3 is 2.58 bits per heavy atom. The van der Waals surface area contributed by atoms with Gasteiger partial charge in [-0.1, -0.05) is 19.8 Å². The average Bonchev–Trinajstić information content (AvgIpc) is 3.64. The molecule has 0 amide bonds. The molecule has 3 aliphatic heterocycles. The van der Waals surface area contributed by atoms with Crippen molar-refractivity contribution in [2.75, 3.05) is 33.6 Å². The normalized spacial score (nSPS) is 25.6. The molecule has 43 heavy (non-hydrogen) atoms. The smallest absolute Gasteiger partial charge is 0.339 e. The number of aliphatic hydroxyl groups is 2. The van der Waals surface area contributed by atoms with E-state index in [0.29, 0.717) is 36.5 Å². The second-order valence-corrected chi connectivity index (χ2v) is 13.1. The first-order chi connectivity index (χ1) is 20.5. The molecule has 10 nitrogen and oxygen atoms in total. The lowest BCUT2D eigenvalue weighted by atomic mass is 9.77. The van der Waals surface area contributed by atoms with E-state index in [4.69, 9.17) is 23.7 Å². The van der Waals surface area contributed by atoms with E-state index < -0.39 is 41.2 Å². The molecule has 0 saturated carbocycles. The number of fused-ring (bicyclic) bond motifs is 3. The fourth-order valence-electron chi connectivity index (χ4n) is 7.22. The molecule has 1 aromatic rings. The van der Waals surface area contributed by atoms with Gasteiger partial charge in [0.25, 0.3) is 0 Å². The van der Waals surface area contributed by atoms with Crippen molar-refractivity contribution >= 4 is 11.9 Å². The van der Waals surface area contributed by atoms with Gasteiger partial charge in [-0.25, -0.2) is 4.79 Å². The second-order valence-electron chi connectivity index (χ2n) is 13.1. The molecule has 1 aliphatic carbocycles. The first-order valence-electron chi connectivity index (χ1n) is 15.8. The molecule has 0 aromatic heterocycles. The highest BCUT2D eigenvalue weighted by molar-refractivity contribution is 5.86. The molecule has 0 radical (unpaired) electrons. The molecule has 10 heteroatoms. The molecule has 1 spiro atoms. The molecule has 3 heterocycles. The largest absolute Gasteiger partial charge is 0.497 e. The Morgan fingerprint density at radius 2 is 1.86 bits per heavy atom. The van der Waals surface area contributed by atoms with Crippen molar-refractivity contribution in [2.24, 2.45) is 0 Å². The van der Waals surface area contributed by atoms with Crippen LogP contribution in [0.3, 0.4) is 0 Å². The second kappa shape index (κ2) is 12.7. The quantitative estimate of drug-likeness (QED) is 0.252. The number of rotatable bonds is 13. The predicted molar refractivity (Wildman–Crippen MR) is 158 cm³/mol. The topological polar surface area (TPSA) is 124 Å². The molecule has 4 aliphatic rings. The summed E-state index contributed by atoms with van der Waals surface area (Å²) in [7, 11) is 1.57. The molecule has 0 bridgehead atoms. The average molecular weight is 602 g/mol. The lowest BCUT2D eigenvalue weighted by Gasteiger charge is -2.39. The van der Waals surface area contributed by atoms with Gasteiger partial charge in [-0.05, 0) is 94.7 Å². The minimum Gasteiger partial charge on any atom is -0.497 e. The van der Waals surface area contributed by atoms with E-state index in [1.165, 1.54) is 0 Å². The standard InChI is InChI=1S/C33H47NO9/c1-5-6-7-16-40-27(35)20-33(38,13-8-11-31(2,3)37)30(36)43-29-26(39-4)19-32-12-9-14-34(32)15-10-22-17-24-25(42-21-41-24)18-23(22)28(29)32/h17-19,28-29,37-38H,5-16,20-21H2,1-4H3/t28-,29?,32?,33-/m1/s1. The van der Waals surface area contributed by atoms with E-state index in [9.17, 15) is 19.8 Å². The number of ether oxygens (including phenoxy) is 5. The predicted octanol–water partition coefficient (Wildman–Crippen LogP) is 4.14. The third-order valence-electron chi connectivity index (χ3n) is 9.40. The molecule has 2 N–H and O–H groups in total. The molecule has 5 rings (SSSR count). The Hall–Kier alpha value is -2.82. The van der Waals surface area contributed by atoms with E-state index in [1.807, 2.05) is 12.1 Å². The van der Waals surface area contributed by atoms with E-state index in [2.05, 4.69) is 17.9 Å². The summed E-state index contributed by atoms with van der Waals surface area (Å²) in [5.74, 6) is 0.0398. The van der Waals surface area contributed by atoms with Crippen molar-refractivity contribution < 1.29 is 43.5 Å². The number of unbranched alkanes of at least 4 members (excludes halogenated alkanes) is 2. The number of hydrogen-bond donors (Lipinski definition) is 2. The molecule has 1 fully saturated rings. The van der Waals surface area contributed by atoms with Crippen molar-refractivity contribution in [3.8, 4) is 11.5 Å². The highest BCUT2D eigenvalue weighted by atomic mass is 16.7. The fraction of sp³-hybridized carbons (Fsp3) is 0.697. The first-order valence-corrected chi connectivity index (χ1v) is 15.8. The number of carbonyl (C=O) groups excluding carboxylic acids is 2. The molecule has 238 valence electrons. The summed E-state index contributed by atoms with van der Waals surface area (Å²) < 4.78 is 28.9. The summed E-state index contributed by atoms with van der Waals surface area (Å²) in [5, 5.41) is 22.0. The maximum Gasteiger partial charge on any atom is 0.339 e. The van der Waals surface area contributed by atoms with Crippen LogP contribution in [0.15, 0.2) is 24.0 Å². The summed E-state index contributed by atoms with van der Waals surface area (Å²) in [6, 6.07) is 4.03. The minimum atomic E-state index is -2.13. The van der Waals surface area contributed by atoms with Crippen molar-refractivity contribution in [2.45, 2.75) is 114 Å². The van der Waals surface area contributed by atoms with Crippen molar-refractivity contribution in [3.05, 3.63) is 35.1 Å². The van der Waals surface area contributed by atoms with Crippen LogP contribution in [-0.2, 0) is 30.2 Å². The SMILES string of the molecule is CCCCCOC(=O)C[C@](O)(CCCC(C)(C)O)C(=O)OC1C(OC)=CC23CCCN2CCc2cc4c(cc2[C@H]13)OCO4. The van der Waals surface area contributed by atoms with Crippen molar-refractivity contribution in [1.82, 2.24) is 4.90 Å². The van der Waals surface area contributed by atoms with Gasteiger partial charge in [-0.15, -0.1) is 0 Å². The Labute approximate surface area is 254 Å². The highest BCUT2D eigenvalue weighted by Gasteiger charge is 2.59. The van der Waals surface area contributed by atoms with Gasteiger partial charge < -0.3 is 33.9 Å². The maximum atomic E-state index is 14.0. The van der Waals surface area contributed by atoms with Crippen LogP contribution in [0.2, 0.25) is 0 Å². The monoisotopic (exact) mass is 601 g/mol. The van der Waals surface area contributed by atoms with Crippen LogP contribution in [0, 0.1) is 0 Å². The van der Waals surface area contributed by atoms with E-state index in [0.717, 1.165) is 56.3 Å². The zero-order valence-corrected chi connectivity index (χ0v) is 26.0. The summed E-state index contributed by atoms with van der Waals surface area (Å²) in [4.78, 5) is 29.3. The summed E-state index contributed by atoms with van der Waals surface area (Å²) in [6.45, 7) is 7.53. The Bertz CT molecular complexity index is 1220. The van der Waals surface area contributed by atoms with Crippen LogP contribution in [0.1, 0.15) is 95.6 Å². The molecule has 1 aromatic carbocycles. The Morgan fingerprint density at radius 1 is 1.09 bits per heavy atom. The zero-order chi connectivity index (χ0) is 30.8. The summed E-state index contributed by atoms with van der Waals surface area (Å²) in [5.41, 5.74) is -1.43. The van der Waals surface area contributed by atoms with Crippen LogP contribution in [0.4, 0.5) is 0 Å². The molecule has 2 unspecified atom stereocenters. The fourth-order valence-corrected chi connectivity index (χ4v) is 7.22. The van der Waals surface area contributed by atoms with Gasteiger partial charge in [0.15, 0.2) is 23.2 Å². The lowest BCUT2D eigenvalue weighted by Crippen LogP contribution is -2.49. The molecule has 1 saturated heterocycles. The van der Waals surface area contributed by atoms with Gasteiger partial charge in [0.2, 0.25) is 6.79 Å². The molecular formula is C33H47NO9. The van der Waals surface area contributed by atoms with Crippen LogP contribution < -0.4 is 9.47 Å². The van der Waals surface area contributed by atoms with E-state index >= 15 is 0 Å². The van der Waals surface area contributed by atoms with Gasteiger partial charge in [0, 0.05) is 6.54 Å². The summed E-state index contributed by atoms with van der Waals surface area (Å²) >= 11 is 0. The van der Waals surface area contributed by atoms with Crippen molar-refractivity contribution in [3.63, 3.8) is 0 Å². The van der Waals surface area contributed by atoms with Crippen LogP contribution >= 0.6 is 0 Å². The Balaban J connectivity index is 1.44. The molecular weight excluding hydrogens is 554 g/mol. The van der Waals surface area contributed by atoms with Gasteiger partial charge >= 0.3 is 11.9 Å².